The van der Waals surface area contributed by atoms with Gasteiger partial charge in [0, 0.05) is 11.4 Å². The number of nitrogens with one attached hydrogen (secondary N) is 1. The number of ether oxygens (including phenoxy) is 1. The molecule has 1 aliphatic carbocycles. The van der Waals surface area contributed by atoms with Crippen LogP contribution in [0.2, 0.25) is 0 Å². The fourth-order valence-electron chi connectivity index (χ4n) is 2.33. The molecule has 4 nitrogen and oxygen atoms in total. The maximum absolute atomic E-state index is 11.8. The van der Waals surface area contributed by atoms with E-state index in [4.69, 9.17) is 10.5 Å². The Hall–Kier alpha value is -2.07. The Labute approximate surface area is 111 Å². The lowest BCUT2D eigenvalue weighted by Gasteiger charge is -2.31. The van der Waals surface area contributed by atoms with Crippen molar-refractivity contribution in [2.45, 2.75) is 25.0 Å². The van der Waals surface area contributed by atoms with Crippen molar-refractivity contribution in [1.29, 1.82) is 0 Å². The summed E-state index contributed by atoms with van der Waals surface area (Å²) in [6.45, 7) is 0. The van der Waals surface area contributed by atoms with E-state index in [-0.39, 0.29) is 12.1 Å². The summed E-state index contributed by atoms with van der Waals surface area (Å²) < 4.78 is 5.28. The monoisotopic (exact) mass is 256 g/mol. The molecule has 0 aliphatic heterocycles. The van der Waals surface area contributed by atoms with Crippen LogP contribution in [0.15, 0.2) is 42.5 Å². The van der Waals surface area contributed by atoms with Gasteiger partial charge in [-0.15, -0.1) is 0 Å². The molecule has 19 heavy (non-hydrogen) atoms. The maximum atomic E-state index is 11.8. The lowest BCUT2D eigenvalue weighted by molar-refractivity contribution is 0.0503. The second-order valence-corrected chi connectivity index (χ2v) is 4.91. The molecule has 98 valence electrons. The SMILES string of the molecule is NC1CC(OC(=O)Nc2cccc3ccccc23)C1. The average Bonchev–Trinajstić information content (AvgIpc) is 2.37. The van der Waals surface area contributed by atoms with Crippen LogP contribution in [-0.4, -0.2) is 18.2 Å². The molecule has 0 atom stereocenters. The molecule has 1 saturated carbocycles. The molecule has 1 fully saturated rings. The van der Waals surface area contributed by atoms with Gasteiger partial charge < -0.3 is 10.5 Å². The van der Waals surface area contributed by atoms with E-state index >= 15 is 0 Å². The van der Waals surface area contributed by atoms with Gasteiger partial charge in [0.1, 0.15) is 6.10 Å². The van der Waals surface area contributed by atoms with Gasteiger partial charge in [0.2, 0.25) is 0 Å². The highest BCUT2D eigenvalue weighted by atomic mass is 16.6. The molecule has 0 radical (unpaired) electrons. The molecule has 2 aromatic rings. The van der Waals surface area contributed by atoms with Crippen molar-refractivity contribution in [3.63, 3.8) is 0 Å². The summed E-state index contributed by atoms with van der Waals surface area (Å²) in [6.07, 6.45) is 1.06. The van der Waals surface area contributed by atoms with Gasteiger partial charge in [0.15, 0.2) is 0 Å². The topological polar surface area (TPSA) is 64.3 Å². The number of hydrogen-bond donors (Lipinski definition) is 2. The van der Waals surface area contributed by atoms with Crippen LogP contribution in [0.1, 0.15) is 12.8 Å². The maximum Gasteiger partial charge on any atom is 0.411 e. The summed E-state index contributed by atoms with van der Waals surface area (Å²) >= 11 is 0. The summed E-state index contributed by atoms with van der Waals surface area (Å²) in [5.74, 6) is 0. The second-order valence-electron chi connectivity index (χ2n) is 4.91. The zero-order chi connectivity index (χ0) is 13.2. The van der Waals surface area contributed by atoms with E-state index in [0.717, 1.165) is 29.3 Å². The predicted octanol–water partition coefficient (Wildman–Crippen LogP) is 2.88. The predicted molar refractivity (Wildman–Crippen MR) is 75.0 cm³/mol. The number of hydrogen-bond acceptors (Lipinski definition) is 3. The first-order valence-corrected chi connectivity index (χ1v) is 6.43. The minimum Gasteiger partial charge on any atom is -0.446 e. The minimum absolute atomic E-state index is 0.0371. The molecule has 0 unspecified atom stereocenters. The molecule has 0 heterocycles. The van der Waals surface area contributed by atoms with Crippen LogP contribution in [0, 0.1) is 0 Å². The Morgan fingerprint density at radius 3 is 2.68 bits per heavy atom. The molecule has 3 rings (SSSR count). The number of amides is 1. The van der Waals surface area contributed by atoms with Gasteiger partial charge in [-0.2, -0.15) is 0 Å². The average molecular weight is 256 g/mol. The number of anilines is 1. The van der Waals surface area contributed by atoms with Gasteiger partial charge in [0.05, 0.1) is 5.69 Å². The van der Waals surface area contributed by atoms with E-state index in [0.29, 0.717) is 0 Å². The van der Waals surface area contributed by atoms with E-state index in [1.165, 1.54) is 0 Å². The number of rotatable bonds is 2. The highest BCUT2D eigenvalue weighted by Crippen LogP contribution is 2.25. The first kappa shape index (κ1) is 12.0. The van der Waals surface area contributed by atoms with Crippen LogP contribution in [0.5, 0.6) is 0 Å². The quantitative estimate of drug-likeness (QED) is 0.868. The Kier molecular flexibility index (Phi) is 3.09. The van der Waals surface area contributed by atoms with Gasteiger partial charge in [-0.25, -0.2) is 4.79 Å². The van der Waals surface area contributed by atoms with E-state index in [1.807, 2.05) is 42.5 Å². The van der Waals surface area contributed by atoms with Crippen molar-refractivity contribution in [2.24, 2.45) is 5.73 Å². The normalized spacial score (nSPS) is 21.7. The van der Waals surface area contributed by atoms with E-state index in [2.05, 4.69) is 5.32 Å². The van der Waals surface area contributed by atoms with Gasteiger partial charge in [-0.3, -0.25) is 5.32 Å². The fraction of sp³-hybridized carbons (Fsp3) is 0.267. The molecular formula is C15H16N2O2. The van der Waals surface area contributed by atoms with E-state index < -0.39 is 6.09 Å². The van der Waals surface area contributed by atoms with Crippen molar-refractivity contribution >= 4 is 22.6 Å². The molecule has 4 heteroatoms. The van der Waals surface area contributed by atoms with Crippen molar-refractivity contribution < 1.29 is 9.53 Å². The van der Waals surface area contributed by atoms with Crippen LogP contribution in [0.3, 0.4) is 0 Å². The third-order valence-electron chi connectivity index (χ3n) is 3.43. The summed E-state index contributed by atoms with van der Waals surface area (Å²) in [5, 5.41) is 4.89. The number of carbonyl (C=O) groups is 1. The summed E-state index contributed by atoms with van der Waals surface area (Å²) in [7, 11) is 0. The van der Waals surface area contributed by atoms with Crippen LogP contribution >= 0.6 is 0 Å². The zero-order valence-corrected chi connectivity index (χ0v) is 10.5. The molecule has 2 aromatic carbocycles. The largest absolute Gasteiger partial charge is 0.446 e. The Morgan fingerprint density at radius 1 is 1.16 bits per heavy atom. The molecule has 0 aromatic heterocycles. The Balaban J connectivity index is 1.72. The van der Waals surface area contributed by atoms with Gasteiger partial charge >= 0.3 is 6.09 Å². The van der Waals surface area contributed by atoms with Gasteiger partial charge in [0.25, 0.3) is 0 Å². The molecule has 1 aliphatic rings. The van der Waals surface area contributed by atoms with Crippen molar-refractivity contribution in [1.82, 2.24) is 0 Å². The molecule has 0 saturated heterocycles. The van der Waals surface area contributed by atoms with Crippen LogP contribution in [0.25, 0.3) is 10.8 Å². The third kappa shape index (κ3) is 2.53. The first-order chi connectivity index (χ1) is 9.22. The smallest absolute Gasteiger partial charge is 0.411 e. The minimum atomic E-state index is -0.409. The van der Waals surface area contributed by atoms with Gasteiger partial charge in [-0.05, 0) is 24.3 Å². The number of fused-ring (bicyclic) bond motifs is 1. The van der Waals surface area contributed by atoms with Crippen molar-refractivity contribution in [3.8, 4) is 0 Å². The summed E-state index contributed by atoms with van der Waals surface area (Å²) in [6, 6.07) is 13.9. The molecule has 0 bridgehead atoms. The van der Waals surface area contributed by atoms with Gasteiger partial charge in [-0.1, -0.05) is 36.4 Å². The molecule has 1 amide bonds. The van der Waals surface area contributed by atoms with Crippen LogP contribution in [0.4, 0.5) is 10.5 Å². The lowest BCUT2D eigenvalue weighted by Crippen LogP contribution is -2.43. The fourth-order valence-corrected chi connectivity index (χ4v) is 2.33. The highest BCUT2D eigenvalue weighted by molar-refractivity contribution is 6.00. The molecule has 0 spiro atoms. The zero-order valence-electron chi connectivity index (χ0n) is 10.5. The highest BCUT2D eigenvalue weighted by Gasteiger charge is 2.29. The molecule has 3 N–H and O–H groups in total. The third-order valence-corrected chi connectivity index (χ3v) is 3.43. The number of nitrogens with two attached hydrogens (primary N) is 1. The summed E-state index contributed by atoms with van der Waals surface area (Å²) in [4.78, 5) is 11.8. The van der Waals surface area contributed by atoms with E-state index in [1.54, 1.807) is 0 Å². The number of carbonyl (C=O) groups excluding carboxylic acids is 1. The van der Waals surface area contributed by atoms with Crippen molar-refractivity contribution in [3.05, 3.63) is 42.5 Å². The van der Waals surface area contributed by atoms with Crippen molar-refractivity contribution in [2.75, 3.05) is 5.32 Å². The lowest BCUT2D eigenvalue weighted by atomic mass is 9.90. The first-order valence-electron chi connectivity index (χ1n) is 6.43. The Bertz CT molecular complexity index is 601. The Morgan fingerprint density at radius 2 is 1.89 bits per heavy atom. The summed E-state index contributed by atoms with van der Waals surface area (Å²) in [5.41, 5.74) is 6.43. The van der Waals surface area contributed by atoms with Crippen LogP contribution in [-0.2, 0) is 4.74 Å². The second kappa shape index (κ2) is 4.90. The number of benzene rings is 2. The van der Waals surface area contributed by atoms with Crippen LogP contribution < -0.4 is 11.1 Å². The standard InChI is InChI=1S/C15H16N2O2/c16-11-8-12(9-11)19-15(18)17-14-7-3-5-10-4-1-2-6-13(10)14/h1-7,11-12H,8-9,16H2,(H,17,18). The molecular weight excluding hydrogens is 240 g/mol. The van der Waals surface area contributed by atoms with E-state index in [9.17, 15) is 4.79 Å².